The Labute approximate surface area is 189 Å². The van der Waals surface area contributed by atoms with E-state index in [1.54, 1.807) is 6.08 Å². The van der Waals surface area contributed by atoms with E-state index in [1.165, 1.54) is 0 Å². The number of carbonyl (C=O) groups excluding carboxylic acids is 1. The van der Waals surface area contributed by atoms with Gasteiger partial charge in [0, 0.05) is 43.8 Å². The van der Waals surface area contributed by atoms with Gasteiger partial charge in [-0.1, -0.05) is 31.2 Å². The largest absolute Gasteiger partial charge is 0.493 e. The molecule has 1 aliphatic heterocycles. The van der Waals surface area contributed by atoms with Crippen molar-refractivity contribution < 1.29 is 9.53 Å². The van der Waals surface area contributed by atoms with Crippen LogP contribution in [0.15, 0.2) is 48.7 Å². The third-order valence-electron chi connectivity index (χ3n) is 5.75. The first-order valence-corrected chi connectivity index (χ1v) is 11.2. The van der Waals surface area contributed by atoms with E-state index in [0.717, 1.165) is 65.9 Å². The quantitative estimate of drug-likeness (QED) is 0.549. The van der Waals surface area contributed by atoms with Crippen LogP contribution in [0.4, 0.5) is 0 Å². The Morgan fingerprint density at radius 2 is 1.97 bits per heavy atom. The fraction of sp³-hybridized carbons (Fsp3) is 0.346. The Bertz CT molecular complexity index is 1130. The van der Waals surface area contributed by atoms with Crippen LogP contribution >= 0.6 is 0 Å². The van der Waals surface area contributed by atoms with Gasteiger partial charge in [0.05, 0.1) is 17.7 Å². The van der Waals surface area contributed by atoms with Crippen LogP contribution in [0, 0.1) is 6.92 Å². The maximum absolute atomic E-state index is 12.6. The molecule has 32 heavy (non-hydrogen) atoms. The van der Waals surface area contributed by atoms with Crippen molar-refractivity contribution in [3.8, 4) is 17.1 Å². The summed E-state index contributed by atoms with van der Waals surface area (Å²) < 4.78 is 5.98. The molecular weight excluding hydrogens is 400 g/mol. The highest BCUT2D eigenvalue weighted by Crippen LogP contribution is 2.31. The summed E-state index contributed by atoms with van der Waals surface area (Å²) in [6.45, 7) is 8.10. The second-order valence-corrected chi connectivity index (χ2v) is 8.27. The second-order valence-electron chi connectivity index (χ2n) is 8.27. The number of aromatic nitrogens is 2. The lowest BCUT2D eigenvalue weighted by atomic mass is 10.1. The van der Waals surface area contributed by atoms with E-state index in [-0.39, 0.29) is 5.91 Å². The number of carbonyl (C=O) groups is 1. The van der Waals surface area contributed by atoms with Crippen LogP contribution in [0.2, 0.25) is 0 Å². The third kappa shape index (κ3) is 4.97. The maximum atomic E-state index is 12.6. The molecular formula is C26H30N4O2. The van der Waals surface area contributed by atoms with Crippen molar-refractivity contribution in [2.24, 2.45) is 0 Å². The molecule has 1 fully saturated rings. The van der Waals surface area contributed by atoms with Crippen LogP contribution in [0.1, 0.15) is 24.5 Å². The number of hydrogen-bond donors (Lipinski definition) is 0. The second kappa shape index (κ2) is 9.92. The fourth-order valence-corrected chi connectivity index (χ4v) is 3.80. The molecule has 1 saturated heterocycles. The summed E-state index contributed by atoms with van der Waals surface area (Å²) in [6.07, 6.45) is 6.29. The summed E-state index contributed by atoms with van der Waals surface area (Å²) in [5.41, 5.74) is 3.79. The van der Waals surface area contributed by atoms with Gasteiger partial charge in [0.2, 0.25) is 5.91 Å². The Kier molecular flexibility index (Phi) is 6.81. The number of hydrogen-bond acceptors (Lipinski definition) is 5. The lowest BCUT2D eigenvalue weighted by molar-refractivity contribution is -0.127. The molecule has 1 aliphatic rings. The van der Waals surface area contributed by atoms with E-state index >= 15 is 0 Å². The van der Waals surface area contributed by atoms with Crippen molar-refractivity contribution in [3.05, 3.63) is 59.8 Å². The first kappa shape index (κ1) is 22.0. The minimum atomic E-state index is 0.0449. The molecule has 3 aromatic rings. The molecule has 1 amide bonds. The van der Waals surface area contributed by atoms with Crippen molar-refractivity contribution in [3.63, 3.8) is 0 Å². The number of aryl methyl sites for hydroxylation is 1. The van der Waals surface area contributed by atoms with Gasteiger partial charge in [-0.3, -0.25) is 4.79 Å². The zero-order valence-corrected chi connectivity index (χ0v) is 19.0. The highest BCUT2D eigenvalue weighted by molar-refractivity contribution is 5.92. The Morgan fingerprint density at radius 3 is 2.75 bits per heavy atom. The summed E-state index contributed by atoms with van der Waals surface area (Å²) in [4.78, 5) is 26.2. The predicted octanol–water partition coefficient (Wildman–Crippen LogP) is 4.18. The highest BCUT2D eigenvalue weighted by Gasteiger charge is 2.17. The minimum Gasteiger partial charge on any atom is -0.493 e. The average Bonchev–Trinajstić information content (AvgIpc) is 2.82. The van der Waals surface area contributed by atoms with Crippen LogP contribution in [-0.2, 0) is 4.79 Å². The normalized spacial score (nSPS) is 14.9. The monoisotopic (exact) mass is 430 g/mol. The molecule has 0 aliphatic carbocycles. The molecule has 0 bridgehead atoms. The number of rotatable bonds is 6. The fourth-order valence-electron chi connectivity index (χ4n) is 3.80. The van der Waals surface area contributed by atoms with Crippen molar-refractivity contribution >= 4 is 22.9 Å². The Morgan fingerprint density at radius 1 is 1.16 bits per heavy atom. The number of likely N-dealkylation sites (N-methyl/N-ethyl adjacent to an activating group) is 1. The van der Waals surface area contributed by atoms with Crippen molar-refractivity contribution in [2.75, 3.05) is 39.8 Å². The molecule has 2 heterocycles. The van der Waals surface area contributed by atoms with E-state index in [9.17, 15) is 4.79 Å². The van der Waals surface area contributed by atoms with Gasteiger partial charge in [0.25, 0.3) is 0 Å². The van der Waals surface area contributed by atoms with Gasteiger partial charge < -0.3 is 14.5 Å². The molecule has 1 aromatic heterocycles. The van der Waals surface area contributed by atoms with Gasteiger partial charge in [0.15, 0.2) is 5.82 Å². The molecule has 6 heteroatoms. The standard InChI is InChI=1S/C26H30N4O2/c1-4-16-32-23-10-8-20(9-11-24(31)30-14-12-29(3)13-15-30)17-22(23)26-27-18-21-7-5-6-19(2)25(21)28-26/h5-11,17-18H,4,12-16H2,1-3H3/b11-9+. The Hall–Kier alpha value is -3.25. The number of ether oxygens (including phenoxy) is 1. The maximum Gasteiger partial charge on any atom is 0.246 e. The number of nitrogens with zero attached hydrogens (tertiary/aromatic N) is 4. The number of fused-ring (bicyclic) bond motifs is 1. The summed E-state index contributed by atoms with van der Waals surface area (Å²) in [5, 5.41) is 1.01. The number of benzene rings is 2. The van der Waals surface area contributed by atoms with Gasteiger partial charge in [-0.05, 0) is 49.7 Å². The van der Waals surface area contributed by atoms with Gasteiger partial charge in [0.1, 0.15) is 5.75 Å². The van der Waals surface area contributed by atoms with Crippen LogP contribution in [0.3, 0.4) is 0 Å². The van der Waals surface area contributed by atoms with E-state index < -0.39 is 0 Å². The van der Waals surface area contributed by atoms with Crippen LogP contribution in [0.5, 0.6) is 5.75 Å². The lowest BCUT2D eigenvalue weighted by Crippen LogP contribution is -2.46. The van der Waals surface area contributed by atoms with Gasteiger partial charge in [-0.2, -0.15) is 0 Å². The topological polar surface area (TPSA) is 58.6 Å². The average molecular weight is 431 g/mol. The molecule has 0 unspecified atom stereocenters. The number of para-hydroxylation sites is 1. The summed E-state index contributed by atoms with van der Waals surface area (Å²) in [7, 11) is 2.08. The third-order valence-corrected chi connectivity index (χ3v) is 5.75. The summed E-state index contributed by atoms with van der Waals surface area (Å²) >= 11 is 0. The first-order valence-electron chi connectivity index (χ1n) is 11.2. The zero-order chi connectivity index (χ0) is 22.5. The number of amides is 1. The molecule has 166 valence electrons. The number of piperazine rings is 1. The van der Waals surface area contributed by atoms with Crippen LogP contribution in [-0.4, -0.2) is 65.5 Å². The van der Waals surface area contributed by atoms with Gasteiger partial charge >= 0.3 is 0 Å². The molecule has 4 rings (SSSR count). The molecule has 6 nitrogen and oxygen atoms in total. The van der Waals surface area contributed by atoms with Crippen molar-refractivity contribution in [2.45, 2.75) is 20.3 Å². The van der Waals surface area contributed by atoms with Crippen LogP contribution in [0.25, 0.3) is 28.4 Å². The smallest absolute Gasteiger partial charge is 0.246 e. The summed E-state index contributed by atoms with van der Waals surface area (Å²) in [5.74, 6) is 1.42. The minimum absolute atomic E-state index is 0.0449. The van der Waals surface area contributed by atoms with Gasteiger partial charge in [-0.15, -0.1) is 0 Å². The van der Waals surface area contributed by atoms with E-state index in [0.29, 0.717) is 12.4 Å². The highest BCUT2D eigenvalue weighted by atomic mass is 16.5. The Balaban J connectivity index is 1.64. The first-order chi connectivity index (χ1) is 15.5. The lowest BCUT2D eigenvalue weighted by Gasteiger charge is -2.31. The molecule has 0 radical (unpaired) electrons. The zero-order valence-electron chi connectivity index (χ0n) is 19.0. The van der Waals surface area contributed by atoms with Crippen molar-refractivity contribution in [1.29, 1.82) is 0 Å². The molecule has 0 saturated carbocycles. The predicted molar refractivity (Wildman–Crippen MR) is 129 cm³/mol. The molecule has 0 N–H and O–H groups in total. The van der Waals surface area contributed by atoms with Crippen molar-refractivity contribution in [1.82, 2.24) is 19.8 Å². The van der Waals surface area contributed by atoms with E-state index in [4.69, 9.17) is 9.72 Å². The van der Waals surface area contributed by atoms with E-state index in [1.807, 2.05) is 47.5 Å². The summed E-state index contributed by atoms with van der Waals surface area (Å²) in [6, 6.07) is 12.0. The SMILES string of the molecule is CCCOc1ccc(/C=C/C(=O)N2CCN(C)CC2)cc1-c1ncc2cccc(C)c2n1. The molecule has 2 aromatic carbocycles. The van der Waals surface area contributed by atoms with E-state index in [2.05, 4.69) is 36.8 Å². The molecule has 0 spiro atoms. The van der Waals surface area contributed by atoms with Crippen LogP contribution < -0.4 is 4.74 Å². The van der Waals surface area contributed by atoms with Gasteiger partial charge in [-0.25, -0.2) is 9.97 Å². The molecule has 0 atom stereocenters.